The van der Waals surface area contributed by atoms with E-state index >= 15 is 0 Å². The van der Waals surface area contributed by atoms with E-state index in [0.29, 0.717) is 0 Å². The summed E-state index contributed by atoms with van der Waals surface area (Å²) in [7, 11) is 0. The maximum absolute atomic E-state index is 13.6. The van der Waals surface area contributed by atoms with Gasteiger partial charge in [-0.1, -0.05) is 52.0 Å². The molecule has 1 aliphatic heterocycles. The molecule has 4 rings (SSSR count). The molecule has 2 amide bonds. The molecule has 3 atom stereocenters. The second-order valence-corrected chi connectivity index (χ2v) is 11.9. The van der Waals surface area contributed by atoms with Crippen molar-refractivity contribution in [2.75, 3.05) is 13.1 Å². The second kappa shape index (κ2) is 9.99. The first-order chi connectivity index (χ1) is 16.6. The standard InChI is InChI=1S/C27H38N4O3S/c1-6-13-28-23(26(3,4)5)25(34)31-15-20(32)14-21(31)24(33)30-27(11-12-27)19-9-7-18(8-10-19)22-17(2)29-16-35-22/h7-10,16,20-21,23,28,32H,6,11-15H2,1-5H3,(H,30,33)/t20-,21+,23-/m1/s1. The van der Waals surface area contributed by atoms with E-state index in [1.807, 2.05) is 33.2 Å². The number of hydrogen-bond acceptors (Lipinski definition) is 6. The van der Waals surface area contributed by atoms with Crippen molar-refractivity contribution in [3.63, 3.8) is 0 Å². The molecular weight excluding hydrogens is 460 g/mol. The number of nitrogens with zero attached hydrogens (tertiary/aromatic N) is 2. The molecule has 1 aliphatic carbocycles. The number of amides is 2. The lowest BCUT2D eigenvalue weighted by molar-refractivity contribution is -0.142. The van der Waals surface area contributed by atoms with Gasteiger partial charge in [0.05, 0.1) is 33.8 Å². The van der Waals surface area contributed by atoms with E-state index in [1.165, 1.54) is 0 Å². The predicted octanol–water partition coefficient (Wildman–Crippen LogP) is 3.60. The van der Waals surface area contributed by atoms with E-state index in [-0.39, 0.29) is 30.2 Å². The Balaban J connectivity index is 1.49. The molecule has 1 aromatic carbocycles. The highest BCUT2D eigenvalue weighted by Crippen LogP contribution is 2.46. The molecule has 7 nitrogen and oxygen atoms in total. The van der Waals surface area contributed by atoms with Crippen LogP contribution >= 0.6 is 11.3 Å². The number of β-amino-alcohol motifs (C(OH)–C–C–N with tert-alkyl or cyclic N) is 1. The van der Waals surface area contributed by atoms with Crippen LogP contribution in [-0.4, -0.2) is 58.1 Å². The average molecular weight is 499 g/mol. The summed E-state index contributed by atoms with van der Waals surface area (Å²) < 4.78 is 0. The fourth-order valence-corrected chi connectivity index (χ4v) is 5.79. The number of rotatable bonds is 8. The molecule has 2 aliphatic rings. The summed E-state index contributed by atoms with van der Waals surface area (Å²) in [5.41, 5.74) is 4.36. The number of aromatic nitrogens is 1. The second-order valence-electron chi connectivity index (χ2n) is 11.1. The Kier molecular flexibility index (Phi) is 7.36. The minimum absolute atomic E-state index is 0.114. The number of hydrogen-bond donors (Lipinski definition) is 3. The molecule has 1 aromatic heterocycles. The molecule has 0 spiro atoms. The Morgan fingerprint density at radius 1 is 1.26 bits per heavy atom. The van der Waals surface area contributed by atoms with Crippen molar-refractivity contribution in [3.8, 4) is 10.4 Å². The van der Waals surface area contributed by atoms with Gasteiger partial charge in [0.2, 0.25) is 11.8 Å². The van der Waals surface area contributed by atoms with Crippen molar-refractivity contribution in [1.82, 2.24) is 20.5 Å². The van der Waals surface area contributed by atoms with Gasteiger partial charge in [0.1, 0.15) is 6.04 Å². The summed E-state index contributed by atoms with van der Waals surface area (Å²) in [5, 5.41) is 17.0. The zero-order valence-electron chi connectivity index (χ0n) is 21.4. The van der Waals surface area contributed by atoms with Crippen LogP contribution < -0.4 is 10.6 Å². The first-order valence-corrected chi connectivity index (χ1v) is 13.5. The number of aliphatic hydroxyl groups is 1. The van der Waals surface area contributed by atoms with Crippen molar-refractivity contribution >= 4 is 23.2 Å². The van der Waals surface area contributed by atoms with Crippen molar-refractivity contribution in [2.45, 2.75) is 84.0 Å². The topological polar surface area (TPSA) is 94.6 Å². The van der Waals surface area contributed by atoms with Crippen LogP contribution in [0.3, 0.4) is 0 Å². The van der Waals surface area contributed by atoms with Crippen LogP contribution in [0.5, 0.6) is 0 Å². The summed E-state index contributed by atoms with van der Waals surface area (Å²) in [6.45, 7) is 11.1. The molecule has 35 heavy (non-hydrogen) atoms. The average Bonchev–Trinajstić information content (AvgIpc) is 3.27. The predicted molar refractivity (Wildman–Crippen MR) is 139 cm³/mol. The Morgan fingerprint density at radius 2 is 1.94 bits per heavy atom. The molecule has 8 heteroatoms. The molecule has 0 radical (unpaired) electrons. The first kappa shape index (κ1) is 25.8. The highest BCUT2D eigenvalue weighted by molar-refractivity contribution is 7.13. The van der Waals surface area contributed by atoms with Gasteiger partial charge >= 0.3 is 0 Å². The van der Waals surface area contributed by atoms with Crippen LogP contribution in [0.25, 0.3) is 10.4 Å². The van der Waals surface area contributed by atoms with Gasteiger partial charge in [-0.2, -0.15) is 0 Å². The van der Waals surface area contributed by atoms with Gasteiger partial charge in [0.25, 0.3) is 0 Å². The Hall–Kier alpha value is -2.29. The van der Waals surface area contributed by atoms with Gasteiger partial charge < -0.3 is 20.6 Å². The van der Waals surface area contributed by atoms with Gasteiger partial charge in [-0.3, -0.25) is 9.59 Å². The van der Waals surface area contributed by atoms with Crippen LogP contribution in [-0.2, 0) is 15.1 Å². The first-order valence-electron chi connectivity index (χ1n) is 12.6. The van der Waals surface area contributed by atoms with Gasteiger partial charge in [0.15, 0.2) is 0 Å². The molecule has 190 valence electrons. The number of nitrogens with one attached hydrogen (secondary N) is 2. The molecule has 1 saturated heterocycles. The van der Waals surface area contributed by atoms with E-state index in [0.717, 1.165) is 47.5 Å². The van der Waals surface area contributed by atoms with Crippen LogP contribution in [0, 0.1) is 12.3 Å². The van der Waals surface area contributed by atoms with Crippen molar-refractivity contribution in [1.29, 1.82) is 0 Å². The molecular formula is C27H38N4O3S. The summed E-state index contributed by atoms with van der Waals surface area (Å²) in [4.78, 5) is 34.1. The third-order valence-corrected chi connectivity index (χ3v) is 8.11. The maximum Gasteiger partial charge on any atom is 0.243 e. The zero-order chi connectivity index (χ0) is 25.4. The fourth-order valence-electron chi connectivity index (χ4n) is 4.97. The number of benzene rings is 1. The lowest BCUT2D eigenvalue weighted by Gasteiger charge is -2.36. The number of thiazole rings is 1. The van der Waals surface area contributed by atoms with Crippen LogP contribution in [0.4, 0.5) is 0 Å². The summed E-state index contributed by atoms with van der Waals surface area (Å²) in [6.07, 6.45) is 2.21. The Labute approximate surface area is 212 Å². The summed E-state index contributed by atoms with van der Waals surface area (Å²) in [5.74, 6) is -0.297. The fraction of sp³-hybridized carbons (Fsp3) is 0.593. The third kappa shape index (κ3) is 5.44. The molecule has 3 N–H and O–H groups in total. The van der Waals surface area contributed by atoms with Gasteiger partial charge in [0, 0.05) is 13.0 Å². The maximum atomic E-state index is 13.6. The monoisotopic (exact) mass is 498 g/mol. The quantitative estimate of drug-likeness (QED) is 0.517. The number of carbonyl (C=O) groups excluding carboxylic acids is 2. The van der Waals surface area contributed by atoms with E-state index < -0.39 is 23.7 Å². The number of aliphatic hydroxyl groups excluding tert-OH is 1. The highest BCUT2D eigenvalue weighted by Gasteiger charge is 2.49. The molecule has 1 saturated carbocycles. The van der Waals surface area contributed by atoms with Crippen LogP contribution in [0.1, 0.15) is 64.6 Å². The smallest absolute Gasteiger partial charge is 0.243 e. The van der Waals surface area contributed by atoms with Crippen molar-refractivity contribution in [2.24, 2.45) is 5.41 Å². The van der Waals surface area contributed by atoms with Crippen LogP contribution in [0.2, 0.25) is 0 Å². The van der Waals surface area contributed by atoms with Crippen molar-refractivity contribution in [3.05, 3.63) is 41.0 Å². The lowest BCUT2D eigenvalue weighted by atomic mass is 9.85. The molecule has 0 unspecified atom stereocenters. The SMILES string of the molecule is CCCN[C@H](C(=O)N1C[C@H](O)C[C@H]1C(=O)NC1(c2ccc(-c3scnc3C)cc2)CC1)C(C)(C)C. The minimum Gasteiger partial charge on any atom is -0.391 e. The van der Waals surface area contributed by atoms with E-state index in [2.05, 4.69) is 46.8 Å². The normalized spacial score (nSPS) is 22.2. The lowest BCUT2D eigenvalue weighted by Crippen LogP contribution is -2.57. The zero-order valence-corrected chi connectivity index (χ0v) is 22.2. The number of aryl methyl sites for hydroxylation is 1. The molecule has 2 fully saturated rings. The van der Waals surface area contributed by atoms with E-state index in [1.54, 1.807) is 16.2 Å². The minimum atomic E-state index is -0.696. The molecule has 2 aromatic rings. The van der Waals surface area contributed by atoms with Gasteiger partial charge in [-0.25, -0.2) is 4.98 Å². The van der Waals surface area contributed by atoms with E-state index in [4.69, 9.17) is 0 Å². The van der Waals surface area contributed by atoms with Crippen LogP contribution in [0.15, 0.2) is 29.8 Å². The molecule has 2 heterocycles. The third-order valence-electron chi connectivity index (χ3n) is 7.13. The van der Waals surface area contributed by atoms with Crippen molar-refractivity contribution < 1.29 is 14.7 Å². The van der Waals surface area contributed by atoms with E-state index in [9.17, 15) is 14.7 Å². The van der Waals surface area contributed by atoms with Gasteiger partial charge in [-0.15, -0.1) is 11.3 Å². The summed E-state index contributed by atoms with van der Waals surface area (Å²) >= 11 is 1.62. The Morgan fingerprint density at radius 3 is 2.49 bits per heavy atom. The Bertz CT molecular complexity index is 1060. The highest BCUT2D eigenvalue weighted by atomic mass is 32.1. The van der Waals surface area contributed by atoms with Gasteiger partial charge in [-0.05, 0) is 49.3 Å². The summed E-state index contributed by atoms with van der Waals surface area (Å²) in [6, 6.07) is 7.26. The number of likely N-dealkylation sites (tertiary alicyclic amines) is 1. The number of carbonyl (C=O) groups is 2. The molecule has 0 bridgehead atoms. The largest absolute Gasteiger partial charge is 0.391 e.